The Morgan fingerprint density at radius 1 is 0.949 bits per heavy atom. The van der Waals surface area contributed by atoms with Gasteiger partial charge in [0, 0.05) is 0 Å². The van der Waals surface area contributed by atoms with Crippen molar-refractivity contribution < 1.29 is 33.2 Å². The highest BCUT2D eigenvalue weighted by atomic mass is 32.1. The lowest BCUT2D eigenvalue weighted by atomic mass is 9.95. The summed E-state index contributed by atoms with van der Waals surface area (Å²) in [5.41, 5.74) is 1.73. The number of nitrogens with zero attached hydrogens (tertiary/aromatic N) is 2. The topological polar surface area (TPSA) is 107 Å². The summed E-state index contributed by atoms with van der Waals surface area (Å²) in [7, 11) is 7.64. The monoisotopic (exact) mass is 554 g/mol. The number of allylic oxidation sites excluding steroid dienone is 1. The maximum absolute atomic E-state index is 13.9. The molecule has 0 fully saturated rings. The zero-order valence-corrected chi connectivity index (χ0v) is 23.6. The number of hydrogen-bond acceptors (Lipinski definition) is 10. The number of fused-ring (bicyclic) bond motifs is 1. The Labute approximate surface area is 229 Å². The van der Waals surface area contributed by atoms with Crippen molar-refractivity contribution in [1.82, 2.24) is 4.57 Å². The van der Waals surface area contributed by atoms with Gasteiger partial charge in [0.2, 0.25) is 5.75 Å². The Balaban J connectivity index is 1.97. The highest BCUT2D eigenvalue weighted by molar-refractivity contribution is 7.07. The van der Waals surface area contributed by atoms with Crippen LogP contribution in [-0.2, 0) is 9.53 Å². The van der Waals surface area contributed by atoms with Crippen LogP contribution >= 0.6 is 11.3 Å². The van der Waals surface area contributed by atoms with Crippen molar-refractivity contribution in [3.05, 3.63) is 72.4 Å². The van der Waals surface area contributed by atoms with Crippen LogP contribution in [0.25, 0.3) is 6.08 Å². The van der Waals surface area contributed by atoms with Gasteiger partial charge in [0.1, 0.15) is 0 Å². The summed E-state index contributed by atoms with van der Waals surface area (Å²) in [5.74, 6) is 1.81. The fourth-order valence-electron chi connectivity index (χ4n) is 4.47. The van der Waals surface area contributed by atoms with Crippen LogP contribution in [0, 0.1) is 0 Å². The molecule has 1 aromatic heterocycles. The summed E-state index contributed by atoms with van der Waals surface area (Å²) in [4.78, 5) is 32.1. The first kappa shape index (κ1) is 27.8. The summed E-state index contributed by atoms with van der Waals surface area (Å²) >= 11 is 1.21. The van der Waals surface area contributed by atoms with Gasteiger partial charge < -0.3 is 28.4 Å². The molecule has 11 heteroatoms. The lowest BCUT2D eigenvalue weighted by Gasteiger charge is -2.25. The number of hydrogen-bond donors (Lipinski definition) is 0. The molecule has 0 saturated carbocycles. The second kappa shape index (κ2) is 11.6. The number of carbonyl (C=O) groups excluding carboxylic acids is 1. The van der Waals surface area contributed by atoms with Gasteiger partial charge in [0.05, 0.1) is 64.0 Å². The van der Waals surface area contributed by atoms with E-state index >= 15 is 0 Å². The number of aromatic nitrogens is 1. The molecule has 0 spiro atoms. The lowest BCUT2D eigenvalue weighted by molar-refractivity contribution is -0.139. The molecule has 206 valence electrons. The van der Waals surface area contributed by atoms with Crippen LogP contribution < -0.4 is 38.6 Å². The number of thiazole rings is 1. The van der Waals surface area contributed by atoms with Crippen LogP contribution in [0.2, 0.25) is 0 Å². The fraction of sp³-hybridized carbons (Fsp3) is 0.321. The quantitative estimate of drug-likeness (QED) is 0.372. The average Bonchev–Trinajstić information content (AvgIpc) is 3.24. The molecule has 0 bridgehead atoms. The second-order valence-corrected chi connectivity index (χ2v) is 9.38. The smallest absolute Gasteiger partial charge is 0.338 e. The molecule has 2 heterocycles. The van der Waals surface area contributed by atoms with Crippen molar-refractivity contribution in [3.8, 4) is 28.7 Å². The maximum atomic E-state index is 13.9. The highest BCUT2D eigenvalue weighted by Crippen LogP contribution is 2.39. The molecule has 0 saturated heterocycles. The van der Waals surface area contributed by atoms with Gasteiger partial charge in [-0.15, -0.1) is 0 Å². The molecule has 1 aliphatic heterocycles. The third kappa shape index (κ3) is 5.09. The second-order valence-electron chi connectivity index (χ2n) is 8.38. The van der Waals surface area contributed by atoms with E-state index in [1.54, 1.807) is 50.3 Å². The number of rotatable bonds is 9. The molecule has 0 radical (unpaired) electrons. The normalized spacial score (nSPS) is 14.8. The van der Waals surface area contributed by atoms with Crippen LogP contribution in [0.4, 0.5) is 0 Å². The van der Waals surface area contributed by atoms with Gasteiger partial charge >= 0.3 is 5.97 Å². The number of esters is 1. The molecule has 0 amide bonds. The highest BCUT2D eigenvalue weighted by Gasteiger charge is 2.34. The molecule has 3 aromatic rings. The van der Waals surface area contributed by atoms with E-state index in [1.807, 2.05) is 0 Å². The molecule has 4 rings (SSSR count). The largest absolute Gasteiger partial charge is 0.493 e. The van der Waals surface area contributed by atoms with E-state index in [9.17, 15) is 9.59 Å². The maximum Gasteiger partial charge on any atom is 0.338 e. The number of benzene rings is 2. The Bertz CT molecular complexity index is 1590. The predicted molar refractivity (Wildman–Crippen MR) is 146 cm³/mol. The molecule has 2 aromatic carbocycles. The lowest BCUT2D eigenvalue weighted by Crippen LogP contribution is -2.40. The summed E-state index contributed by atoms with van der Waals surface area (Å²) in [6, 6.07) is 7.99. The van der Waals surface area contributed by atoms with Gasteiger partial charge in [-0.3, -0.25) is 9.36 Å². The van der Waals surface area contributed by atoms with E-state index < -0.39 is 12.0 Å². The van der Waals surface area contributed by atoms with E-state index in [4.69, 9.17) is 28.4 Å². The van der Waals surface area contributed by atoms with Gasteiger partial charge in [-0.1, -0.05) is 17.4 Å². The minimum Gasteiger partial charge on any atom is -0.493 e. The molecular weight excluding hydrogens is 524 g/mol. The van der Waals surface area contributed by atoms with E-state index in [2.05, 4.69) is 4.99 Å². The third-order valence-electron chi connectivity index (χ3n) is 6.23. The van der Waals surface area contributed by atoms with Crippen molar-refractivity contribution in [2.45, 2.75) is 19.9 Å². The van der Waals surface area contributed by atoms with Crippen LogP contribution in [0.15, 0.2) is 51.4 Å². The van der Waals surface area contributed by atoms with Crippen LogP contribution in [-0.4, -0.2) is 52.7 Å². The Kier molecular flexibility index (Phi) is 8.29. The predicted octanol–water partition coefficient (Wildman–Crippen LogP) is 2.84. The van der Waals surface area contributed by atoms with Gasteiger partial charge in [-0.05, 0) is 55.3 Å². The Morgan fingerprint density at radius 2 is 1.59 bits per heavy atom. The molecule has 1 aliphatic rings. The van der Waals surface area contributed by atoms with Gasteiger partial charge in [-0.25, -0.2) is 9.79 Å². The van der Waals surface area contributed by atoms with E-state index in [-0.39, 0.29) is 17.7 Å². The minimum atomic E-state index is -0.790. The minimum absolute atomic E-state index is 0.180. The Hall–Kier alpha value is -4.25. The average molecular weight is 555 g/mol. The van der Waals surface area contributed by atoms with Crippen LogP contribution in [0.3, 0.4) is 0 Å². The SMILES string of the molecule is CCOC(=O)C1=C(C)N=c2s/c(=C/c3cc(OC)c(OC)c(OC)c3)c(=O)n2C1c1ccc(OC)c(OC)c1. The van der Waals surface area contributed by atoms with Gasteiger partial charge in [-0.2, -0.15) is 0 Å². The van der Waals surface area contributed by atoms with Gasteiger partial charge in [0.15, 0.2) is 27.8 Å². The first-order chi connectivity index (χ1) is 18.8. The van der Waals surface area contributed by atoms with Crippen molar-refractivity contribution in [2.75, 3.05) is 42.2 Å². The third-order valence-corrected chi connectivity index (χ3v) is 7.21. The van der Waals surface area contributed by atoms with E-state index in [0.29, 0.717) is 54.9 Å². The zero-order valence-electron chi connectivity index (χ0n) is 22.8. The molecule has 0 N–H and O–H groups in total. The molecule has 1 atom stereocenters. The van der Waals surface area contributed by atoms with Gasteiger partial charge in [0.25, 0.3) is 5.56 Å². The molecule has 1 unspecified atom stereocenters. The zero-order chi connectivity index (χ0) is 28.3. The number of methoxy groups -OCH3 is 5. The van der Waals surface area contributed by atoms with E-state index in [0.717, 1.165) is 0 Å². The standard InChI is InChI=1S/C28H30N2O8S/c1-8-38-27(32)23-15(2)29-28-30(24(23)17-9-10-18(33-3)19(14-17)34-4)26(31)22(39-28)13-16-11-20(35-5)25(37-7)21(12-16)36-6/h9-14,24H,8H2,1-7H3/b22-13+. The van der Waals surface area contributed by atoms with Crippen molar-refractivity contribution in [1.29, 1.82) is 0 Å². The van der Waals surface area contributed by atoms with Crippen molar-refractivity contribution in [3.63, 3.8) is 0 Å². The van der Waals surface area contributed by atoms with Crippen LogP contribution in [0.1, 0.15) is 31.0 Å². The fourth-order valence-corrected chi connectivity index (χ4v) is 5.51. The first-order valence-electron chi connectivity index (χ1n) is 12.0. The van der Waals surface area contributed by atoms with E-state index in [1.165, 1.54) is 51.5 Å². The summed E-state index contributed by atoms with van der Waals surface area (Å²) < 4.78 is 34.5. The van der Waals surface area contributed by atoms with Crippen molar-refractivity contribution in [2.24, 2.45) is 4.99 Å². The number of ether oxygens (including phenoxy) is 6. The molecular formula is C28H30N2O8S. The Morgan fingerprint density at radius 3 is 2.15 bits per heavy atom. The van der Waals surface area contributed by atoms with Crippen LogP contribution in [0.5, 0.6) is 28.7 Å². The molecule has 0 aliphatic carbocycles. The van der Waals surface area contributed by atoms with Crippen molar-refractivity contribution >= 4 is 23.4 Å². The first-order valence-corrected chi connectivity index (χ1v) is 12.8. The molecule has 10 nitrogen and oxygen atoms in total. The summed E-state index contributed by atoms with van der Waals surface area (Å²) in [6.45, 7) is 3.64. The summed E-state index contributed by atoms with van der Waals surface area (Å²) in [6.07, 6.45) is 1.73. The summed E-state index contributed by atoms with van der Waals surface area (Å²) in [5, 5.41) is 0. The molecule has 39 heavy (non-hydrogen) atoms. The number of carbonyl (C=O) groups is 1.